The molecule has 0 N–H and O–H groups in total. The van der Waals surface area contributed by atoms with Crippen molar-refractivity contribution in [3.8, 4) is 5.75 Å². The number of allylic oxidation sites excluding steroid dienone is 2. The normalized spacial score (nSPS) is 25.8. The molecule has 0 bridgehead atoms. The first-order valence-corrected chi connectivity index (χ1v) is 12.1. The highest BCUT2D eigenvalue weighted by Gasteiger charge is 2.50. The summed E-state index contributed by atoms with van der Waals surface area (Å²) in [5.41, 5.74) is 2.27. The molecule has 0 unspecified atom stereocenters. The van der Waals surface area contributed by atoms with E-state index in [4.69, 9.17) is 4.74 Å². The van der Waals surface area contributed by atoms with Gasteiger partial charge in [-0.3, -0.25) is 19.2 Å². The first-order chi connectivity index (χ1) is 16.9. The SMILES string of the molecule is CCc1ccccc1N1C[C@H](C(=O)Oc2cccc(N3C(=O)[C@H]4[C@H](C)C=CC[C@H]4C3=O)c2)CC1=O. The van der Waals surface area contributed by atoms with E-state index in [0.29, 0.717) is 12.1 Å². The number of nitrogens with zero attached hydrogens (tertiary/aromatic N) is 2. The van der Waals surface area contributed by atoms with Gasteiger partial charge in [0.25, 0.3) is 0 Å². The lowest BCUT2D eigenvalue weighted by Gasteiger charge is -2.22. The molecule has 2 heterocycles. The number of ether oxygens (including phenoxy) is 1. The van der Waals surface area contributed by atoms with Gasteiger partial charge in [-0.05, 0) is 42.5 Å². The van der Waals surface area contributed by atoms with Crippen molar-refractivity contribution in [1.29, 1.82) is 0 Å². The second kappa shape index (κ2) is 9.13. The number of para-hydroxylation sites is 1. The van der Waals surface area contributed by atoms with Crippen molar-refractivity contribution < 1.29 is 23.9 Å². The number of aryl methyl sites for hydroxylation is 1. The molecule has 1 aliphatic carbocycles. The fourth-order valence-electron chi connectivity index (χ4n) is 5.46. The van der Waals surface area contributed by atoms with Crippen molar-refractivity contribution in [1.82, 2.24) is 0 Å². The minimum atomic E-state index is -0.596. The fourth-order valence-corrected chi connectivity index (χ4v) is 5.46. The average molecular weight is 473 g/mol. The van der Waals surface area contributed by atoms with Crippen LogP contribution in [0.5, 0.6) is 5.75 Å². The van der Waals surface area contributed by atoms with Gasteiger partial charge in [0, 0.05) is 24.7 Å². The number of amides is 3. The Morgan fingerprint density at radius 3 is 2.63 bits per heavy atom. The van der Waals surface area contributed by atoms with Gasteiger partial charge in [0.15, 0.2) is 0 Å². The quantitative estimate of drug-likeness (QED) is 0.285. The van der Waals surface area contributed by atoms with Gasteiger partial charge in [0.1, 0.15) is 5.75 Å². The van der Waals surface area contributed by atoms with E-state index in [2.05, 4.69) is 0 Å². The number of esters is 1. The zero-order chi connectivity index (χ0) is 24.7. The van der Waals surface area contributed by atoms with Gasteiger partial charge < -0.3 is 9.64 Å². The van der Waals surface area contributed by atoms with Crippen molar-refractivity contribution >= 4 is 35.1 Å². The Bertz CT molecular complexity index is 1240. The van der Waals surface area contributed by atoms with Crippen LogP contribution in [-0.2, 0) is 25.6 Å². The summed E-state index contributed by atoms with van der Waals surface area (Å²) < 4.78 is 5.62. The number of fused-ring (bicyclic) bond motifs is 1. The second-order valence-corrected chi connectivity index (χ2v) is 9.47. The van der Waals surface area contributed by atoms with E-state index in [9.17, 15) is 19.2 Å². The zero-order valence-corrected chi connectivity index (χ0v) is 19.8. The van der Waals surface area contributed by atoms with E-state index in [-0.39, 0.29) is 54.2 Å². The highest BCUT2D eigenvalue weighted by molar-refractivity contribution is 6.22. The van der Waals surface area contributed by atoms with Crippen molar-refractivity contribution in [2.24, 2.45) is 23.7 Å². The van der Waals surface area contributed by atoms with Gasteiger partial charge in [-0.15, -0.1) is 0 Å². The van der Waals surface area contributed by atoms with Gasteiger partial charge in [-0.25, -0.2) is 4.90 Å². The molecule has 2 saturated heterocycles. The maximum Gasteiger partial charge on any atom is 0.316 e. The Hall–Kier alpha value is -3.74. The van der Waals surface area contributed by atoms with Gasteiger partial charge in [-0.1, -0.05) is 50.3 Å². The second-order valence-electron chi connectivity index (χ2n) is 9.47. The molecule has 4 atom stereocenters. The number of anilines is 2. The van der Waals surface area contributed by atoms with Gasteiger partial charge in [0.2, 0.25) is 17.7 Å². The van der Waals surface area contributed by atoms with Crippen LogP contribution in [0.4, 0.5) is 11.4 Å². The smallest absolute Gasteiger partial charge is 0.316 e. The molecule has 5 rings (SSSR count). The number of hydrogen-bond donors (Lipinski definition) is 0. The largest absolute Gasteiger partial charge is 0.426 e. The van der Waals surface area contributed by atoms with Crippen molar-refractivity contribution in [2.45, 2.75) is 33.1 Å². The number of carbonyl (C=O) groups is 4. The molecule has 0 aromatic heterocycles. The molecule has 0 saturated carbocycles. The third-order valence-electron chi connectivity index (χ3n) is 7.29. The van der Waals surface area contributed by atoms with Gasteiger partial charge in [0.05, 0.1) is 23.4 Å². The topological polar surface area (TPSA) is 84.0 Å². The third kappa shape index (κ3) is 4.05. The number of benzene rings is 2. The van der Waals surface area contributed by atoms with Crippen LogP contribution >= 0.6 is 0 Å². The number of rotatable bonds is 5. The molecule has 2 fully saturated rings. The average Bonchev–Trinajstić information content (AvgIpc) is 3.37. The molecular weight excluding hydrogens is 444 g/mol. The van der Waals surface area contributed by atoms with E-state index < -0.39 is 11.9 Å². The molecule has 3 aliphatic rings. The van der Waals surface area contributed by atoms with Crippen LogP contribution in [0.1, 0.15) is 32.3 Å². The molecule has 7 heteroatoms. The van der Waals surface area contributed by atoms with Crippen molar-refractivity contribution in [3.63, 3.8) is 0 Å². The fraction of sp³-hybridized carbons (Fsp3) is 0.357. The van der Waals surface area contributed by atoms with Crippen LogP contribution in [0.2, 0.25) is 0 Å². The van der Waals surface area contributed by atoms with E-state index in [0.717, 1.165) is 17.7 Å². The highest BCUT2D eigenvalue weighted by Crippen LogP contribution is 2.41. The lowest BCUT2D eigenvalue weighted by atomic mass is 9.78. The lowest BCUT2D eigenvalue weighted by molar-refractivity contribution is -0.139. The Kier molecular flexibility index (Phi) is 6.01. The molecule has 180 valence electrons. The first-order valence-electron chi connectivity index (χ1n) is 12.1. The van der Waals surface area contributed by atoms with Crippen LogP contribution in [0, 0.1) is 23.7 Å². The summed E-state index contributed by atoms with van der Waals surface area (Å²) in [7, 11) is 0. The van der Waals surface area contributed by atoms with Crippen molar-refractivity contribution in [2.75, 3.05) is 16.3 Å². The zero-order valence-electron chi connectivity index (χ0n) is 19.8. The Morgan fingerprint density at radius 2 is 1.86 bits per heavy atom. The molecule has 0 spiro atoms. The Balaban J connectivity index is 1.31. The minimum absolute atomic E-state index is 0.00287. The molecule has 2 aromatic carbocycles. The summed E-state index contributed by atoms with van der Waals surface area (Å²) >= 11 is 0. The molecular formula is C28H28N2O5. The number of hydrogen-bond acceptors (Lipinski definition) is 5. The van der Waals surface area contributed by atoms with Crippen LogP contribution in [0.25, 0.3) is 0 Å². The summed E-state index contributed by atoms with van der Waals surface area (Å²) in [5, 5.41) is 0. The van der Waals surface area contributed by atoms with Crippen molar-refractivity contribution in [3.05, 3.63) is 66.2 Å². The van der Waals surface area contributed by atoms with Gasteiger partial charge >= 0.3 is 5.97 Å². The van der Waals surface area contributed by atoms with Crippen LogP contribution in [0.3, 0.4) is 0 Å². The monoisotopic (exact) mass is 472 g/mol. The predicted octanol–water partition coefficient (Wildman–Crippen LogP) is 3.91. The van der Waals surface area contributed by atoms with Crippen LogP contribution < -0.4 is 14.5 Å². The first kappa shape index (κ1) is 23.0. The highest BCUT2D eigenvalue weighted by atomic mass is 16.5. The summed E-state index contributed by atoms with van der Waals surface area (Å²) in [6.45, 7) is 4.23. The summed E-state index contributed by atoms with van der Waals surface area (Å²) in [6.07, 6.45) is 5.36. The van der Waals surface area contributed by atoms with Crippen LogP contribution in [-0.4, -0.2) is 30.2 Å². The van der Waals surface area contributed by atoms with E-state index in [1.807, 2.05) is 50.3 Å². The maximum atomic E-state index is 13.1. The summed E-state index contributed by atoms with van der Waals surface area (Å²) in [5.74, 6) is -2.11. The van der Waals surface area contributed by atoms with Gasteiger partial charge in [-0.2, -0.15) is 0 Å². The molecule has 2 aromatic rings. The van der Waals surface area contributed by atoms with Crippen LogP contribution in [0.15, 0.2) is 60.7 Å². The number of carbonyl (C=O) groups excluding carboxylic acids is 4. The molecule has 0 radical (unpaired) electrons. The minimum Gasteiger partial charge on any atom is -0.426 e. The third-order valence-corrected chi connectivity index (χ3v) is 7.29. The van der Waals surface area contributed by atoms with E-state index in [1.54, 1.807) is 29.2 Å². The molecule has 35 heavy (non-hydrogen) atoms. The predicted molar refractivity (Wildman–Crippen MR) is 131 cm³/mol. The Labute approximate surface area is 204 Å². The summed E-state index contributed by atoms with van der Waals surface area (Å²) in [4.78, 5) is 54.6. The number of imide groups is 1. The molecule has 7 nitrogen and oxygen atoms in total. The molecule has 3 amide bonds. The lowest BCUT2D eigenvalue weighted by Crippen LogP contribution is -2.31. The van der Waals surface area contributed by atoms with E-state index in [1.165, 1.54) is 4.90 Å². The van der Waals surface area contributed by atoms with E-state index >= 15 is 0 Å². The molecule has 2 aliphatic heterocycles. The standard InChI is InChI=1S/C28H28N2O5/c1-3-18-9-4-5-13-23(18)29-16-19(14-24(29)31)28(34)35-21-11-7-10-20(15-21)30-26(32)22-12-6-8-17(2)25(22)27(30)33/h4-11,13,15,17,19,22,25H,3,12,14,16H2,1-2H3/t17-,19-,22-,25+/m1/s1. The maximum absolute atomic E-state index is 13.1. The Morgan fingerprint density at radius 1 is 1.06 bits per heavy atom. The summed E-state index contributed by atoms with van der Waals surface area (Å²) in [6, 6.07) is 14.2.